The molecule has 1 atom stereocenters. The van der Waals surface area contributed by atoms with Gasteiger partial charge in [-0.05, 0) is 24.0 Å². The van der Waals surface area contributed by atoms with E-state index in [1.807, 2.05) is 37.3 Å². The first kappa shape index (κ1) is 12.5. The number of rotatable bonds is 4. The second-order valence-corrected chi connectivity index (χ2v) is 4.92. The Balaban J connectivity index is 1.67. The molecule has 0 fully saturated rings. The normalized spacial score (nSPS) is 20.2. The SMILES string of the molecule is C[C@@]1(COc2ccccc2)Cn2cc([N+](=O)[O-])nc2O1. The maximum atomic E-state index is 10.6. The average Bonchev–Trinajstić information content (AvgIpc) is 2.93. The third-order valence-electron chi connectivity index (χ3n) is 3.04. The van der Waals surface area contributed by atoms with Crippen LogP contribution in [0.4, 0.5) is 5.82 Å². The van der Waals surface area contributed by atoms with E-state index in [0.29, 0.717) is 13.2 Å². The molecule has 2 heterocycles. The van der Waals surface area contributed by atoms with Crippen molar-refractivity contribution in [3.8, 4) is 11.8 Å². The minimum atomic E-state index is -0.576. The van der Waals surface area contributed by atoms with E-state index in [2.05, 4.69) is 4.98 Å². The third-order valence-corrected chi connectivity index (χ3v) is 3.04. The van der Waals surface area contributed by atoms with Crippen molar-refractivity contribution >= 4 is 5.82 Å². The molecule has 0 radical (unpaired) electrons. The molecule has 1 aliphatic rings. The molecular weight excluding hydrogens is 262 g/mol. The predicted molar refractivity (Wildman–Crippen MR) is 69.9 cm³/mol. The number of imidazole rings is 1. The lowest BCUT2D eigenvalue weighted by Crippen LogP contribution is -2.38. The number of fused-ring (bicyclic) bond motifs is 1. The fraction of sp³-hybridized carbons (Fsp3) is 0.308. The maximum absolute atomic E-state index is 10.6. The highest BCUT2D eigenvalue weighted by Gasteiger charge is 2.41. The second-order valence-electron chi connectivity index (χ2n) is 4.92. The highest BCUT2D eigenvalue weighted by molar-refractivity contribution is 5.24. The Kier molecular flexibility index (Phi) is 2.81. The molecule has 1 aliphatic heterocycles. The molecule has 0 spiro atoms. The van der Waals surface area contributed by atoms with Gasteiger partial charge in [0.25, 0.3) is 0 Å². The smallest absolute Gasteiger partial charge is 0.415 e. The van der Waals surface area contributed by atoms with Gasteiger partial charge >= 0.3 is 11.8 Å². The number of benzene rings is 1. The summed E-state index contributed by atoms with van der Waals surface area (Å²) in [5, 5.41) is 10.6. The van der Waals surface area contributed by atoms with Crippen LogP contribution < -0.4 is 9.47 Å². The van der Waals surface area contributed by atoms with Crippen molar-refractivity contribution in [1.82, 2.24) is 9.55 Å². The molecule has 1 aromatic carbocycles. The first-order valence-corrected chi connectivity index (χ1v) is 6.14. The number of hydrogen-bond acceptors (Lipinski definition) is 5. The van der Waals surface area contributed by atoms with Gasteiger partial charge in [0.05, 0.1) is 6.54 Å². The van der Waals surface area contributed by atoms with Crippen LogP contribution in [0, 0.1) is 10.1 Å². The van der Waals surface area contributed by atoms with Crippen LogP contribution in [0.3, 0.4) is 0 Å². The van der Waals surface area contributed by atoms with Crippen LogP contribution in [0.2, 0.25) is 0 Å². The molecule has 7 heteroatoms. The quantitative estimate of drug-likeness (QED) is 0.630. The molecule has 3 rings (SSSR count). The predicted octanol–water partition coefficient (Wildman–Crippen LogP) is 2.02. The van der Waals surface area contributed by atoms with Gasteiger partial charge in [0, 0.05) is 4.98 Å². The summed E-state index contributed by atoms with van der Waals surface area (Å²) in [7, 11) is 0. The van der Waals surface area contributed by atoms with E-state index >= 15 is 0 Å². The molecule has 0 N–H and O–H groups in total. The number of ether oxygens (including phenoxy) is 2. The maximum Gasteiger partial charge on any atom is 0.415 e. The van der Waals surface area contributed by atoms with Gasteiger partial charge in [0.2, 0.25) is 0 Å². The lowest BCUT2D eigenvalue weighted by atomic mass is 10.1. The van der Waals surface area contributed by atoms with E-state index in [1.165, 1.54) is 6.20 Å². The zero-order valence-corrected chi connectivity index (χ0v) is 10.9. The highest BCUT2D eigenvalue weighted by Crippen LogP contribution is 2.31. The van der Waals surface area contributed by atoms with Gasteiger partial charge in [-0.1, -0.05) is 18.2 Å². The van der Waals surface area contributed by atoms with Gasteiger partial charge in [-0.15, -0.1) is 0 Å². The summed E-state index contributed by atoms with van der Waals surface area (Å²) >= 11 is 0. The van der Waals surface area contributed by atoms with Crippen molar-refractivity contribution in [3.63, 3.8) is 0 Å². The van der Waals surface area contributed by atoms with Crippen LogP contribution in [-0.4, -0.2) is 26.7 Å². The lowest BCUT2D eigenvalue weighted by molar-refractivity contribution is -0.389. The van der Waals surface area contributed by atoms with Crippen LogP contribution in [0.25, 0.3) is 0 Å². The van der Waals surface area contributed by atoms with Crippen LogP contribution in [0.5, 0.6) is 11.8 Å². The molecule has 0 saturated heterocycles. The Labute approximate surface area is 114 Å². The van der Waals surface area contributed by atoms with Gasteiger partial charge in [-0.25, -0.2) is 0 Å². The molecular formula is C13H13N3O4. The highest BCUT2D eigenvalue weighted by atomic mass is 16.6. The number of nitrogens with zero attached hydrogens (tertiary/aromatic N) is 3. The minimum absolute atomic E-state index is 0.203. The van der Waals surface area contributed by atoms with Gasteiger partial charge in [0.1, 0.15) is 18.6 Å². The van der Waals surface area contributed by atoms with Crippen molar-refractivity contribution in [2.45, 2.75) is 19.1 Å². The summed E-state index contributed by atoms with van der Waals surface area (Å²) in [5.41, 5.74) is -0.576. The van der Waals surface area contributed by atoms with Crippen molar-refractivity contribution in [2.24, 2.45) is 0 Å². The zero-order chi connectivity index (χ0) is 14.2. The first-order chi connectivity index (χ1) is 9.56. The fourth-order valence-corrected chi connectivity index (χ4v) is 2.11. The van der Waals surface area contributed by atoms with Crippen LogP contribution >= 0.6 is 0 Å². The van der Waals surface area contributed by atoms with Gasteiger partial charge in [-0.3, -0.25) is 4.57 Å². The standard InChI is InChI=1S/C13H13N3O4/c1-13(9-19-10-5-3-2-4-6-10)8-15-7-11(16(17)18)14-12(15)20-13/h2-7H,8-9H2,1H3/t13-/m0/s1. The van der Waals surface area contributed by atoms with Crippen molar-refractivity contribution in [3.05, 3.63) is 46.6 Å². The van der Waals surface area contributed by atoms with Crippen LogP contribution in [-0.2, 0) is 6.54 Å². The van der Waals surface area contributed by atoms with E-state index in [-0.39, 0.29) is 11.8 Å². The lowest BCUT2D eigenvalue weighted by Gasteiger charge is -2.22. The monoisotopic (exact) mass is 275 g/mol. The Morgan fingerprint density at radius 2 is 2.25 bits per heavy atom. The summed E-state index contributed by atoms with van der Waals surface area (Å²) in [6, 6.07) is 9.68. The molecule has 104 valence electrons. The summed E-state index contributed by atoms with van der Waals surface area (Å²) in [5.74, 6) is 0.555. The van der Waals surface area contributed by atoms with E-state index in [9.17, 15) is 10.1 Å². The number of nitro groups is 1. The molecule has 20 heavy (non-hydrogen) atoms. The zero-order valence-electron chi connectivity index (χ0n) is 10.9. The molecule has 0 bridgehead atoms. The molecule has 0 aliphatic carbocycles. The van der Waals surface area contributed by atoms with Gasteiger partial charge in [0.15, 0.2) is 5.60 Å². The molecule has 0 saturated carbocycles. The Bertz CT molecular complexity index is 615. The molecule has 2 aromatic rings. The van der Waals surface area contributed by atoms with Crippen LogP contribution in [0.15, 0.2) is 36.5 Å². The second kappa shape index (κ2) is 4.52. The fourth-order valence-electron chi connectivity index (χ4n) is 2.11. The average molecular weight is 275 g/mol. The third kappa shape index (κ3) is 2.29. The van der Waals surface area contributed by atoms with Gasteiger partial charge < -0.3 is 19.6 Å². The van der Waals surface area contributed by atoms with Gasteiger partial charge in [-0.2, -0.15) is 0 Å². The van der Waals surface area contributed by atoms with Crippen molar-refractivity contribution in [1.29, 1.82) is 0 Å². The Morgan fingerprint density at radius 3 is 2.90 bits per heavy atom. The van der Waals surface area contributed by atoms with E-state index in [1.54, 1.807) is 4.57 Å². The van der Waals surface area contributed by atoms with Crippen molar-refractivity contribution < 1.29 is 14.4 Å². The van der Waals surface area contributed by atoms with Crippen LogP contribution in [0.1, 0.15) is 6.92 Å². The number of aromatic nitrogens is 2. The molecule has 0 amide bonds. The summed E-state index contributed by atoms with van der Waals surface area (Å²) in [6.45, 7) is 2.70. The Hall–Kier alpha value is -2.57. The minimum Gasteiger partial charge on any atom is -0.489 e. The summed E-state index contributed by atoms with van der Waals surface area (Å²) in [6.07, 6.45) is 1.38. The largest absolute Gasteiger partial charge is 0.489 e. The summed E-state index contributed by atoms with van der Waals surface area (Å²) in [4.78, 5) is 13.9. The number of para-hydroxylation sites is 1. The summed E-state index contributed by atoms with van der Waals surface area (Å²) < 4.78 is 13.0. The molecule has 7 nitrogen and oxygen atoms in total. The Morgan fingerprint density at radius 1 is 1.50 bits per heavy atom. The van der Waals surface area contributed by atoms with E-state index in [0.717, 1.165) is 5.75 Å². The number of hydrogen-bond donors (Lipinski definition) is 0. The molecule has 1 aromatic heterocycles. The van der Waals surface area contributed by atoms with Crippen molar-refractivity contribution in [2.75, 3.05) is 6.61 Å². The van der Waals surface area contributed by atoms with E-state index in [4.69, 9.17) is 9.47 Å². The topological polar surface area (TPSA) is 79.4 Å². The molecule has 0 unspecified atom stereocenters. The van der Waals surface area contributed by atoms with E-state index < -0.39 is 10.5 Å². The first-order valence-electron chi connectivity index (χ1n) is 6.14.